The predicted octanol–water partition coefficient (Wildman–Crippen LogP) is 3.60. The van der Waals surface area contributed by atoms with E-state index in [1.165, 1.54) is 6.92 Å². The van der Waals surface area contributed by atoms with Gasteiger partial charge >= 0.3 is 0 Å². The number of aromatic nitrogens is 1. The number of anilines is 1. The molecule has 0 aliphatic rings. The van der Waals surface area contributed by atoms with Gasteiger partial charge in [-0.1, -0.05) is 11.8 Å². The van der Waals surface area contributed by atoms with E-state index in [-0.39, 0.29) is 5.91 Å². The first kappa shape index (κ1) is 15.6. The number of fused-ring (bicyclic) bond motifs is 1. The highest BCUT2D eigenvalue weighted by molar-refractivity contribution is 6.01. The van der Waals surface area contributed by atoms with Gasteiger partial charge in [0.2, 0.25) is 5.91 Å². The SMILES string of the molecule is COc1ccc(C#Cc2ccc(NC(C)=O)c3ncccc23)cc1. The van der Waals surface area contributed by atoms with Gasteiger partial charge < -0.3 is 10.1 Å². The molecule has 24 heavy (non-hydrogen) atoms. The number of methoxy groups -OCH3 is 1. The Balaban J connectivity index is 2.01. The van der Waals surface area contributed by atoms with E-state index in [2.05, 4.69) is 22.1 Å². The summed E-state index contributed by atoms with van der Waals surface area (Å²) in [6, 6.07) is 15.1. The maximum absolute atomic E-state index is 11.3. The van der Waals surface area contributed by atoms with Gasteiger partial charge in [-0.05, 0) is 48.5 Å². The predicted molar refractivity (Wildman–Crippen MR) is 95.0 cm³/mol. The third-order valence-electron chi connectivity index (χ3n) is 3.51. The molecule has 1 N–H and O–H groups in total. The van der Waals surface area contributed by atoms with Crippen molar-refractivity contribution >= 4 is 22.5 Å². The van der Waals surface area contributed by atoms with Crippen molar-refractivity contribution in [1.29, 1.82) is 0 Å². The highest BCUT2D eigenvalue weighted by Gasteiger charge is 2.06. The topological polar surface area (TPSA) is 51.2 Å². The molecule has 1 amide bonds. The zero-order valence-corrected chi connectivity index (χ0v) is 13.5. The standard InChI is InChI=1S/C20H16N2O2/c1-14(23)22-19-12-9-16(18-4-3-13-21-20(18)19)8-5-15-6-10-17(24-2)11-7-15/h3-4,6-7,9-13H,1-2H3,(H,22,23). The van der Waals surface area contributed by atoms with Gasteiger partial charge in [-0.15, -0.1) is 0 Å². The molecule has 4 heteroatoms. The Morgan fingerprint density at radius 3 is 2.58 bits per heavy atom. The lowest BCUT2D eigenvalue weighted by Crippen LogP contribution is -2.06. The normalized spacial score (nSPS) is 9.92. The molecule has 0 aliphatic heterocycles. The van der Waals surface area contributed by atoms with Crippen LogP contribution in [0.25, 0.3) is 10.9 Å². The Labute approximate surface area is 140 Å². The Bertz CT molecular complexity index is 951. The lowest BCUT2D eigenvalue weighted by Gasteiger charge is -2.07. The number of nitrogens with one attached hydrogen (secondary N) is 1. The van der Waals surface area contributed by atoms with Crippen molar-refractivity contribution in [2.45, 2.75) is 6.92 Å². The Morgan fingerprint density at radius 2 is 1.88 bits per heavy atom. The van der Waals surface area contributed by atoms with Crippen molar-refractivity contribution in [3.63, 3.8) is 0 Å². The second-order valence-corrected chi connectivity index (χ2v) is 5.22. The first-order valence-electron chi connectivity index (χ1n) is 7.49. The van der Waals surface area contributed by atoms with Crippen molar-refractivity contribution < 1.29 is 9.53 Å². The number of benzene rings is 2. The molecule has 0 spiro atoms. The Kier molecular flexibility index (Phi) is 4.44. The minimum atomic E-state index is -0.126. The molecule has 0 saturated carbocycles. The summed E-state index contributed by atoms with van der Waals surface area (Å²) >= 11 is 0. The van der Waals surface area contributed by atoms with Gasteiger partial charge in [0.25, 0.3) is 0 Å². The smallest absolute Gasteiger partial charge is 0.221 e. The summed E-state index contributed by atoms with van der Waals surface area (Å²) in [4.78, 5) is 15.7. The average molecular weight is 316 g/mol. The number of hydrogen-bond acceptors (Lipinski definition) is 3. The maximum Gasteiger partial charge on any atom is 0.221 e. The van der Waals surface area contributed by atoms with Crippen LogP contribution in [0.3, 0.4) is 0 Å². The summed E-state index contributed by atoms with van der Waals surface area (Å²) < 4.78 is 5.14. The number of hydrogen-bond donors (Lipinski definition) is 1. The molecule has 0 aliphatic carbocycles. The fourth-order valence-corrected chi connectivity index (χ4v) is 2.39. The number of rotatable bonds is 2. The third-order valence-corrected chi connectivity index (χ3v) is 3.51. The second-order valence-electron chi connectivity index (χ2n) is 5.22. The lowest BCUT2D eigenvalue weighted by atomic mass is 10.1. The molecule has 1 aromatic heterocycles. The number of ether oxygens (including phenoxy) is 1. The fraction of sp³-hybridized carbons (Fsp3) is 0.100. The van der Waals surface area contributed by atoms with Gasteiger partial charge in [0.15, 0.2) is 0 Å². The summed E-state index contributed by atoms with van der Waals surface area (Å²) in [5.41, 5.74) is 3.18. The molecule has 3 aromatic rings. The van der Waals surface area contributed by atoms with Crippen LogP contribution in [0.5, 0.6) is 5.75 Å². The monoisotopic (exact) mass is 316 g/mol. The minimum Gasteiger partial charge on any atom is -0.497 e. The number of pyridine rings is 1. The van der Waals surface area contributed by atoms with Crippen LogP contribution in [0.2, 0.25) is 0 Å². The van der Waals surface area contributed by atoms with Crippen LogP contribution in [0.4, 0.5) is 5.69 Å². The molecule has 0 bridgehead atoms. The van der Waals surface area contributed by atoms with Crippen molar-refractivity contribution in [2.75, 3.05) is 12.4 Å². The molecule has 4 nitrogen and oxygen atoms in total. The molecule has 1 heterocycles. The second kappa shape index (κ2) is 6.84. The number of carbonyl (C=O) groups is 1. The van der Waals surface area contributed by atoms with E-state index >= 15 is 0 Å². The number of carbonyl (C=O) groups excluding carboxylic acids is 1. The van der Waals surface area contributed by atoms with E-state index in [1.54, 1.807) is 13.3 Å². The average Bonchev–Trinajstić information content (AvgIpc) is 2.61. The van der Waals surface area contributed by atoms with Gasteiger partial charge in [0.1, 0.15) is 5.75 Å². The number of amides is 1. The van der Waals surface area contributed by atoms with Gasteiger partial charge in [-0.2, -0.15) is 0 Å². The summed E-state index contributed by atoms with van der Waals surface area (Å²) in [6.45, 7) is 1.48. The molecule has 3 rings (SSSR count). The minimum absolute atomic E-state index is 0.126. The fourth-order valence-electron chi connectivity index (χ4n) is 2.39. The molecule has 118 valence electrons. The first-order chi connectivity index (χ1) is 11.7. The molecular formula is C20H16N2O2. The van der Waals surface area contributed by atoms with Crippen molar-refractivity contribution in [2.24, 2.45) is 0 Å². The van der Waals surface area contributed by atoms with E-state index in [0.29, 0.717) is 5.69 Å². The molecule has 0 fully saturated rings. The number of nitrogens with zero attached hydrogens (tertiary/aromatic N) is 1. The largest absolute Gasteiger partial charge is 0.497 e. The highest BCUT2D eigenvalue weighted by atomic mass is 16.5. The van der Waals surface area contributed by atoms with Crippen molar-refractivity contribution in [3.8, 4) is 17.6 Å². The van der Waals surface area contributed by atoms with Gasteiger partial charge in [-0.3, -0.25) is 9.78 Å². The van der Waals surface area contributed by atoms with Crippen molar-refractivity contribution in [1.82, 2.24) is 4.98 Å². The zero-order chi connectivity index (χ0) is 16.9. The Morgan fingerprint density at radius 1 is 1.08 bits per heavy atom. The van der Waals surface area contributed by atoms with Crippen LogP contribution in [0.1, 0.15) is 18.1 Å². The molecular weight excluding hydrogens is 300 g/mol. The maximum atomic E-state index is 11.3. The van der Waals surface area contributed by atoms with E-state index in [9.17, 15) is 4.79 Å². The Hall–Kier alpha value is -3.32. The van der Waals surface area contributed by atoms with Crippen LogP contribution < -0.4 is 10.1 Å². The molecule has 2 aromatic carbocycles. The summed E-state index contributed by atoms with van der Waals surface area (Å²) in [6.07, 6.45) is 1.70. The van der Waals surface area contributed by atoms with E-state index in [1.807, 2.05) is 48.5 Å². The van der Waals surface area contributed by atoms with Crippen LogP contribution >= 0.6 is 0 Å². The molecule has 0 radical (unpaired) electrons. The molecule has 0 saturated heterocycles. The van der Waals surface area contributed by atoms with Crippen LogP contribution in [-0.2, 0) is 4.79 Å². The quantitative estimate of drug-likeness (QED) is 0.735. The van der Waals surface area contributed by atoms with Gasteiger partial charge in [-0.25, -0.2) is 0 Å². The van der Waals surface area contributed by atoms with Crippen LogP contribution in [0, 0.1) is 11.8 Å². The van der Waals surface area contributed by atoms with Gasteiger partial charge in [0.05, 0.1) is 18.3 Å². The summed E-state index contributed by atoms with van der Waals surface area (Å²) in [5.74, 6) is 7.00. The van der Waals surface area contributed by atoms with E-state index in [4.69, 9.17) is 4.74 Å². The summed E-state index contributed by atoms with van der Waals surface area (Å²) in [7, 11) is 1.64. The summed E-state index contributed by atoms with van der Waals surface area (Å²) in [5, 5.41) is 3.71. The highest BCUT2D eigenvalue weighted by Crippen LogP contribution is 2.24. The third kappa shape index (κ3) is 3.36. The molecule has 0 atom stereocenters. The van der Waals surface area contributed by atoms with Crippen LogP contribution in [-0.4, -0.2) is 18.0 Å². The zero-order valence-electron chi connectivity index (χ0n) is 13.5. The molecule has 0 unspecified atom stereocenters. The first-order valence-corrected chi connectivity index (χ1v) is 7.49. The van der Waals surface area contributed by atoms with Gasteiger partial charge in [0, 0.05) is 29.6 Å². The lowest BCUT2D eigenvalue weighted by molar-refractivity contribution is -0.114. The van der Waals surface area contributed by atoms with Crippen molar-refractivity contribution in [3.05, 3.63) is 65.9 Å². The van der Waals surface area contributed by atoms with Crippen LogP contribution in [0.15, 0.2) is 54.7 Å². The van der Waals surface area contributed by atoms with E-state index in [0.717, 1.165) is 27.8 Å². The van der Waals surface area contributed by atoms with E-state index < -0.39 is 0 Å².